The molecule has 4 N–H and O–H groups in total. The molecule has 0 spiro atoms. The van der Waals surface area contributed by atoms with Crippen molar-refractivity contribution >= 4 is 53.5 Å². The van der Waals surface area contributed by atoms with Gasteiger partial charge < -0.3 is 11.5 Å². The monoisotopic (exact) mass is 311 g/mol. The number of halogens is 3. The summed E-state index contributed by atoms with van der Waals surface area (Å²) in [6, 6.07) is 2.60. The second-order valence-electron chi connectivity index (χ2n) is 2.83. The summed E-state index contributed by atoms with van der Waals surface area (Å²) < 4.78 is 0. The Labute approximate surface area is 118 Å². The minimum Gasteiger partial charge on any atom is -0.369 e. The molecule has 0 fully saturated rings. The van der Waals surface area contributed by atoms with Crippen LogP contribution in [0, 0.1) is 10.1 Å². The van der Waals surface area contributed by atoms with Gasteiger partial charge in [0.05, 0.1) is 16.2 Å². The summed E-state index contributed by atoms with van der Waals surface area (Å²) in [5, 5.41) is 17.3. The third kappa shape index (κ3) is 4.02. The van der Waals surface area contributed by atoms with Crippen LogP contribution >= 0.6 is 35.6 Å². The van der Waals surface area contributed by atoms with Crippen LogP contribution in [0.3, 0.4) is 0 Å². The lowest BCUT2D eigenvalue weighted by Gasteiger charge is -2.00. The number of nitro benzene ring substituents is 1. The average molecular weight is 313 g/mol. The molecule has 0 unspecified atom stereocenters. The van der Waals surface area contributed by atoms with E-state index in [1.807, 2.05) is 0 Å². The van der Waals surface area contributed by atoms with Gasteiger partial charge in [0.1, 0.15) is 5.02 Å². The predicted molar refractivity (Wildman–Crippen MR) is 73.8 cm³/mol. The summed E-state index contributed by atoms with van der Waals surface area (Å²) in [4.78, 5) is 9.93. The lowest BCUT2D eigenvalue weighted by atomic mass is 10.2. The van der Waals surface area contributed by atoms with Gasteiger partial charge in [-0.2, -0.15) is 5.10 Å². The molecular formula is C8H8Cl3N5O2. The van der Waals surface area contributed by atoms with Gasteiger partial charge in [0, 0.05) is 11.6 Å². The standard InChI is InChI=1S/C8H7Cl2N5O2.ClH/c9-6-4(3-13-14-8(11)12)1-2-5(7(6)10)15(16)17;/h1-3H,(H4,11,12,14);1H. The van der Waals surface area contributed by atoms with Gasteiger partial charge >= 0.3 is 0 Å². The van der Waals surface area contributed by atoms with Crippen LogP contribution in [-0.4, -0.2) is 17.1 Å². The van der Waals surface area contributed by atoms with Crippen molar-refractivity contribution in [2.24, 2.45) is 21.7 Å². The zero-order valence-electron chi connectivity index (χ0n) is 8.71. The van der Waals surface area contributed by atoms with Crippen LogP contribution in [0.4, 0.5) is 5.69 Å². The average Bonchev–Trinajstić information content (AvgIpc) is 2.23. The van der Waals surface area contributed by atoms with E-state index in [4.69, 9.17) is 34.7 Å². The Hall–Kier alpha value is -1.57. The predicted octanol–water partition coefficient (Wildman–Crippen LogP) is 1.93. The number of guanidine groups is 1. The van der Waals surface area contributed by atoms with Crippen LogP contribution < -0.4 is 11.5 Å². The van der Waals surface area contributed by atoms with Gasteiger partial charge in [-0.3, -0.25) is 10.1 Å². The first-order valence-electron chi connectivity index (χ1n) is 4.18. The maximum absolute atomic E-state index is 10.6. The summed E-state index contributed by atoms with van der Waals surface area (Å²) >= 11 is 11.5. The number of nitro groups is 1. The topological polar surface area (TPSA) is 120 Å². The molecule has 0 bridgehead atoms. The van der Waals surface area contributed by atoms with Gasteiger partial charge in [-0.15, -0.1) is 17.5 Å². The summed E-state index contributed by atoms with van der Waals surface area (Å²) in [7, 11) is 0. The van der Waals surface area contributed by atoms with Crippen LogP contribution in [0.2, 0.25) is 10.0 Å². The van der Waals surface area contributed by atoms with Crippen LogP contribution in [0.15, 0.2) is 22.3 Å². The van der Waals surface area contributed by atoms with Gasteiger partial charge in [0.2, 0.25) is 5.96 Å². The molecule has 10 heteroatoms. The summed E-state index contributed by atoms with van der Waals surface area (Å²) in [5.74, 6) is -0.217. The molecule has 0 aliphatic rings. The van der Waals surface area contributed by atoms with Crippen molar-refractivity contribution in [3.63, 3.8) is 0 Å². The molecule has 1 aromatic carbocycles. The van der Waals surface area contributed by atoms with E-state index in [0.29, 0.717) is 5.56 Å². The molecular weight excluding hydrogens is 304 g/mol. The maximum atomic E-state index is 10.6. The smallest absolute Gasteiger partial charge is 0.289 e. The molecule has 0 radical (unpaired) electrons. The Bertz CT molecular complexity index is 514. The number of nitrogens with two attached hydrogens (primary N) is 2. The zero-order valence-corrected chi connectivity index (χ0v) is 11.0. The normalized spacial score (nSPS) is 9.89. The minimum atomic E-state index is -0.634. The largest absolute Gasteiger partial charge is 0.369 e. The van der Waals surface area contributed by atoms with E-state index in [1.54, 1.807) is 0 Å². The molecule has 0 heterocycles. The Morgan fingerprint density at radius 2 is 1.94 bits per heavy atom. The first-order valence-corrected chi connectivity index (χ1v) is 4.93. The van der Waals surface area contributed by atoms with Crippen molar-refractivity contribution in [1.29, 1.82) is 0 Å². The maximum Gasteiger partial charge on any atom is 0.289 e. The van der Waals surface area contributed by atoms with E-state index in [1.165, 1.54) is 18.3 Å². The Kier molecular flexibility index (Phi) is 6.39. The van der Waals surface area contributed by atoms with E-state index in [2.05, 4.69) is 10.2 Å². The molecule has 0 aliphatic heterocycles. The molecule has 0 amide bonds. The summed E-state index contributed by atoms with van der Waals surface area (Å²) in [5.41, 5.74) is 10.2. The molecule has 0 saturated heterocycles. The number of hydrogen-bond acceptors (Lipinski definition) is 4. The molecule has 0 aromatic heterocycles. The fourth-order valence-corrected chi connectivity index (χ4v) is 1.40. The molecule has 0 aliphatic carbocycles. The van der Waals surface area contributed by atoms with Gasteiger partial charge in [-0.1, -0.05) is 23.2 Å². The van der Waals surface area contributed by atoms with E-state index in [-0.39, 0.29) is 34.1 Å². The number of rotatable bonds is 3. The third-order valence-electron chi connectivity index (χ3n) is 1.66. The molecule has 1 aromatic rings. The first-order chi connectivity index (χ1) is 7.93. The zero-order chi connectivity index (χ0) is 13.0. The highest BCUT2D eigenvalue weighted by Crippen LogP contribution is 2.33. The molecule has 98 valence electrons. The molecule has 7 nitrogen and oxygen atoms in total. The highest BCUT2D eigenvalue weighted by atomic mass is 35.5. The van der Waals surface area contributed by atoms with Crippen molar-refractivity contribution in [2.75, 3.05) is 0 Å². The fourth-order valence-electron chi connectivity index (χ4n) is 0.953. The van der Waals surface area contributed by atoms with Crippen LogP contribution in [0.1, 0.15) is 5.56 Å². The summed E-state index contributed by atoms with van der Waals surface area (Å²) in [6.07, 6.45) is 1.23. The third-order valence-corrected chi connectivity index (χ3v) is 2.55. The molecule has 0 saturated carbocycles. The van der Waals surface area contributed by atoms with Crippen molar-refractivity contribution < 1.29 is 4.92 Å². The Morgan fingerprint density at radius 3 is 2.44 bits per heavy atom. The van der Waals surface area contributed by atoms with E-state index in [9.17, 15) is 10.1 Å². The number of hydrogen-bond donors (Lipinski definition) is 2. The Balaban J connectivity index is 0.00000289. The van der Waals surface area contributed by atoms with Crippen molar-refractivity contribution in [2.45, 2.75) is 0 Å². The second-order valence-corrected chi connectivity index (χ2v) is 3.58. The molecule has 1 rings (SSSR count). The van der Waals surface area contributed by atoms with Crippen LogP contribution in [0.5, 0.6) is 0 Å². The van der Waals surface area contributed by atoms with E-state index in [0.717, 1.165) is 0 Å². The van der Waals surface area contributed by atoms with Gasteiger partial charge in [-0.25, -0.2) is 0 Å². The lowest BCUT2D eigenvalue weighted by molar-refractivity contribution is -0.384. The Morgan fingerprint density at radius 1 is 1.33 bits per heavy atom. The second kappa shape index (κ2) is 7.00. The van der Waals surface area contributed by atoms with E-state index >= 15 is 0 Å². The van der Waals surface area contributed by atoms with Gasteiger partial charge in [0.25, 0.3) is 5.69 Å². The fraction of sp³-hybridized carbons (Fsp3) is 0. The highest BCUT2D eigenvalue weighted by Gasteiger charge is 2.17. The quantitative estimate of drug-likeness (QED) is 0.383. The number of nitrogens with zero attached hydrogens (tertiary/aromatic N) is 3. The minimum absolute atomic E-state index is 0. The SMILES string of the molecule is Cl.NC(N)=NN=Cc1ccc([N+](=O)[O-])c(Cl)c1Cl. The highest BCUT2D eigenvalue weighted by molar-refractivity contribution is 6.44. The van der Waals surface area contributed by atoms with Crippen molar-refractivity contribution in [3.05, 3.63) is 37.9 Å². The van der Waals surface area contributed by atoms with Crippen LogP contribution in [0.25, 0.3) is 0 Å². The van der Waals surface area contributed by atoms with Gasteiger partial charge in [0.15, 0.2) is 0 Å². The summed E-state index contributed by atoms with van der Waals surface area (Å²) in [6.45, 7) is 0. The van der Waals surface area contributed by atoms with Crippen molar-refractivity contribution in [1.82, 2.24) is 0 Å². The molecule has 18 heavy (non-hydrogen) atoms. The lowest BCUT2D eigenvalue weighted by Crippen LogP contribution is -2.21. The van der Waals surface area contributed by atoms with Crippen molar-refractivity contribution in [3.8, 4) is 0 Å². The number of benzene rings is 1. The first kappa shape index (κ1) is 16.4. The van der Waals surface area contributed by atoms with Crippen LogP contribution in [-0.2, 0) is 0 Å². The molecule has 0 atom stereocenters. The van der Waals surface area contributed by atoms with Gasteiger partial charge in [-0.05, 0) is 6.07 Å². The van der Waals surface area contributed by atoms with E-state index < -0.39 is 4.92 Å².